The number of aromatic nitrogens is 4. The van der Waals surface area contributed by atoms with Gasteiger partial charge in [-0.05, 0) is 24.3 Å². The number of nitrogens with zero attached hydrogens (tertiary/aromatic N) is 3. The maximum atomic E-state index is 13.2. The van der Waals surface area contributed by atoms with Crippen molar-refractivity contribution in [2.45, 2.75) is 0 Å². The molecule has 0 aromatic carbocycles. The molecule has 0 saturated carbocycles. The SMILES string of the molecule is Fc1cc(-c2ccc3c(n2)[nH]c2ccncc23)ccn1. The molecule has 0 fully saturated rings. The van der Waals surface area contributed by atoms with E-state index in [1.54, 1.807) is 12.3 Å². The molecule has 0 unspecified atom stereocenters. The molecule has 5 heteroatoms. The molecule has 0 saturated heterocycles. The normalized spacial score (nSPS) is 11.2. The van der Waals surface area contributed by atoms with Gasteiger partial charge in [0.1, 0.15) is 5.65 Å². The van der Waals surface area contributed by atoms with E-state index in [1.165, 1.54) is 12.3 Å². The topological polar surface area (TPSA) is 54.5 Å². The van der Waals surface area contributed by atoms with Gasteiger partial charge in [-0.3, -0.25) is 4.98 Å². The summed E-state index contributed by atoms with van der Waals surface area (Å²) in [4.78, 5) is 15.5. The Labute approximate surface area is 113 Å². The lowest BCUT2D eigenvalue weighted by molar-refractivity contribution is 0.584. The molecule has 0 bridgehead atoms. The molecule has 0 aliphatic rings. The van der Waals surface area contributed by atoms with Crippen molar-refractivity contribution in [1.82, 2.24) is 19.9 Å². The summed E-state index contributed by atoms with van der Waals surface area (Å²) in [6, 6.07) is 8.86. The number of hydrogen-bond acceptors (Lipinski definition) is 3. The molecule has 1 N–H and O–H groups in total. The third-order valence-corrected chi connectivity index (χ3v) is 3.28. The van der Waals surface area contributed by atoms with Gasteiger partial charge in [0.25, 0.3) is 0 Å². The molecule has 4 aromatic heterocycles. The number of pyridine rings is 3. The average Bonchev–Trinajstić information content (AvgIpc) is 2.85. The van der Waals surface area contributed by atoms with E-state index in [4.69, 9.17) is 0 Å². The predicted molar refractivity (Wildman–Crippen MR) is 74.6 cm³/mol. The van der Waals surface area contributed by atoms with Crippen molar-refractivity contribution >= 4 is 21.9 Å². The first-order chi connectivity index (χ1) is 9.81. The lowest BCUT2D eigenvalue weighted by atomic mass is 10.1. The number of rotatable bonds is 1. The Kier molecular flexibility index (Phi) is 2.26. The lowest BCUT2D eigenvalue weighted by Crippen LogP contribution is -1.87. The molecule has 4 rings (SSSR count). The molecule has 0 radical (unpaired) electrons. The first kappa shape index (κ1) is 11.0. The second-order valence-electron chi connectivity index (χ2n) is 4.51. The van der Waals surface area contributed by atoms with Gasteiger partial charge in [-0.2, -0.15) is 4.39 Å². The van der Waals surface area contributed by atoms with E-state index >= 15 is 0 Å². The van der Waals surface area contributed by atoms with Gasteiger partial charge in [0.05, 0.1) is 11.2 Å². The van der Waals surface area contributed by atoms with Crippen molar-refractivity contribution in [1.29, 1.82) is 0 Å². The van der Waals surface area contributed by atoms with Crippen LogP contribution in [-0.4, -0.2) is 19.9 Å². The van der Waals surface area contributed by atoms with Gasteiger partial charge in [-0.1, -0.05) is 0 Å². The maximum absolute atomic E-state index is 13.2. The van der Waals surface area contributed by atoms with Crippen molar-refractivity contribution in [3.05, 3.63) is 54.9 Å². The fourth-order valence-corrected chi connectivity index (χ4v) is 2.34. The minimum absolute atomic E-state index is 0.509. The third-order valence-electron chi connectivity index (χ3n) is 3.28. The number of fused-ring (bicyclic) bond motifs is 3. The Morgan fingerprint density at radius 3 is 2.85 bits per heavy atom. The molecule has 0 spiro atoms. The van der Waals surface area contributed by atoms with Crippen LogP contribution in [0.4, 0.5) is 4.39 Å². The lowest BCUT2D eigenvalue weighted by Gasteiger charge is -2.00. The molecule has 4 aromatic rings. The Morgan fingerprint density at radius 1 is 1.00 bits per heavy atom. The summed E-state index contributed by atoms with van der Waals surface area (Å²) < 4.78 is 13.2. The Bertz CT molecular complexity index is 929. The fourth-order valence-electron chi connectivity index (χ4n) is 2.34. The molecular weight excluding hydrogens is 255 g/mol. The van der Waals surface area contributed by atoms with E-state index in [1.807, 2.05) is 24.4 Å². The van der Waals surface area contributed by atoms with Gasteiger partial charge in [-0.25, -0.2) is 9.97 Å². The number of aromatic amines is 1. The minimum atomic E-state index is -0.509. The summed E-state index contributed by atoms with van der Waals surface area (Å²) in [7, 11) is 0. The van der Waals surface area contributed by atoms with Crippen LogP contribution in [0.25, 0.3) is 33.2 Å². The zero-order chi connectivity index (χ0) is 13.5. The Balaban J connectivity index is 1.97. The van der Waals surface area contributed by atoms with Crippen LogP contribution in [0.1, 0.15) is 0 Å². The second kappa shape index (κ2) is 4.09. The molecule has 0 aliphatic heterocycles. The van der Waals surface area contributed by atoms with Gasteiger partial charge in [0.15, 0.2) is 0 Å². The van der Waals surface area contributed by atoms with Crippen LogP contribution in [0.3, 0.4) is 0 Å². The van der Waals surface area contributed by atoms with Crippen LogP contribution in [-0.2, 0) is 0 Å². The molecule has 0 amide bonds. The molecule has 20 heavy (non-hydrogen) atoms. The highest BCUT2D eigenvalue weighted by Gasteiger charge is 2.07. The van der Waals surface area contributed by atoms with Gasteiger partial charge < -0.3 is 4.98 Å². The first-order valence-corrected chi connectivity index (χ1v) is 6.16. The van der Waals surface area contributed by atoms with Crippen molar-refractivity contribution in [3.8, 4) is 11.3 Å². The number of H-pyrrole nitrogens is 1. The van der Waals surface area contributed by atoms with E-state index in [-0.39, 0.29) is 0 Å². The van der Waals surface area contributed by atoms with Crippen LogP contribution in [0, 0.1) is 5.95 Å². The summed E-state index contributed by atoms with van der Waals surface area (Å²) in [6.07, 6.45) is 4.98. The monoisotopic (exact) mass is 264 g/mol. The summed E-state index contributed by atoms with van der Waals surface area (Å²) >= 11 is 0. The van der Waals surface area contributed by atoms with E-state index in [0.717, 1.165) is 21.9 Å². The predicted octanol–water partition coefficient (Wildman–Crippen LogP) is 3.31. The van der Waals surface area contributed by atoms with E-state index in [2.05, 4.69) is 19.9 Å². The van der Waals surface area contributed by atoms with E-state index in [0.29, 0.717) is 11.3 Å². The van der Waals surface area contributed by atoms with Crippen LogP contribution >= 0.6 is 0 Å². The van der Waals surface area contributed by atoms with Crippen LogP contribution in [0.5, 0.6) is 0 Å². The standard InChI is InChI=1S/C15H9FN4/c16-14-7-9(3-6-18-14)12-2-1-10-11-8-17-5-4-13(11)20-15(10)19-12/h1-8H,(H,19,20). The molecule has 0 aliphatic carbocycles. The number of halogens is 1. The minimum Gasteiger partial charge on any atom is -0.339 e. The molecule has 0 atom stereocenters. The van der Waals surface area contributed by atoms with E-state index < -0.39 is 5.95 Å². The smallest absolute Gasteiger partial charge is 0.213 e. The highest BCUT2D eigenvalue weighted by molar-refractivity contribution is 6.05. The molecular formula is C15H9FN4. The number of nitrogens with one attached hydrogen (secondary N) is 1. The van der Waals surface area contributed by atoms with E-state index in [9.17, 15) is 4.39 Å². The van der Waals surface area contributed by atoms with Crippen LogP contribution in [0.15, 0.2) is 48.9 Å². The maximum Gasteiger partial charge on any atom is 0.213 e. The molecule has 96 valence electrons. The summed E-state index contributed by atoms with van der Waals surface area (Å²) in [5.74, 6) is -0.509. The van der Waals surface area contributed by atoms with Crippen molar-refractivity contribution < 1.29 is 4.39 Å². The highest BCUT2D eigenvalue weighted by atomic mass is 19.1. The zero-order valence-electron chi connectivity index (χ0n) is 10.3. The van der Waals surface area contributed by atoms with Gasteiger partial charge in [-0.15, -0.1) is 0 Å². The van der Waals surface area contributed by atoms with Gasteiger partial charge >= 0.3 is 0 Å². The van der Waals surface area contributed by atoms with Crippen molar-refractivity contribution in [2.24, 2.45) is 0 Å². The summed E-state index contributed by atoms with van der Waals surface area (Å²) in [5, 5.41) is 2.04. The van der Waals surface area contributed by atoms with Crippen LogP contribution < -0.4 is 0 Å². The Morgan fingerprint density at radius 2 is 1.95 bits per heavy atom. The number of hydrogen-bond donors (Lipinski definition) is 1. The third kappa shape index (κ3) is 1.64. The average molecular weight is 264 g/mol. The Hall–Kier alpha value is -2.82. The van der Waals surface area contributed by atoms with Crippen LogP contribution in [0.2, 0.25) is 0 Å². The molecule has 4 nitrogen and oxygen atoms in total. The second-order valence-corrected chi connectivity index (χ2v) is 4.51. The summed E-state index contributed by atoms with van der Waals surface area (Å²) in [5.41, 5.74) is 3.16. The highest BCUT2D eigenvalue weighted by Crippen LogP contribution is 2.26. The summed E-state index contributed by atoms with van der Waals surface area (Å²) in [6.45, 7) is 0. The quantitative estimate of drug-likeness (QED) is 0.536. The van der Waals surface area contributed by atoms with Crippen molar-refractivity contribution in [2.75, 3.05) is 0 Å². The fraction of sp³-hybridized carbons (Fsp3) is 0. The van der Waals surface area contributed by atoms with Gasteiger partial charge in [0.2, 0.25) is 5.95 Å². The zero-order valence-corrected chi connectivity index (χ0v) is 10.3. The molecule has 4 heterocycles. The first-order valence-electron chi connectivity index (χ1n) is 6.16. The van der Waals surface area contributed by atoms with Gasteiger partial charge in [0, 0.05) is 41.0 Å². The van der Waals surface area contributed by atoms with Crippen molar-refractivity contribution in [3.63, 3.8) is 0 Å². The largest absolute Gasteiger partial charge is 0.339 e.